The fourth-order valence-corrected chi connectivity index (χ4v) is 3.58. The van der Waals surface area contributed by atoms with Gasteiger partial charge in [-0.1, -0.05) is 18.6 Å². The summed E-state index contributed by atoms with van der Waals surface area (Å²) in [4.78, 5) is 17.5. The Morgan fingerprint density at radius 3 is 3.29 bits per heavy atom. The predicted octanol–water partition coefficient (Wildman–Crippen LogP) is 1.34. The maximum absolute atomic E-state index is 11.6. The van der Waals surface area contributed by atoms with Crippen LogP contribution in [0.15, 0.2) is 23.8 Å². The summed E-state index contributed by atoms with van der Waals surface area (Å²) in [5.74, 6) is -0.197. The maximum atomic E-state index is 11.6. The number of carbonyl (C=O) groups excluding carboxylic acids is 1. The molecular formula is C13H15NO3. The van der Waals surface area contributed by atoms with Crippen molar-refractivity contribution in [1.29, 1.82) is 0 Å². The topological polar surface area (TPSA) is 38.8 Å². The van der Waals surface area contributed by atoms with Gasteiger partial charge in [0.25, 0.3) is 0 Å². The molecule has 17 heavy (non-hydrogen) atoms. The van der Waals surface area contributed by atoms with Crippen LogP contribution in [0.5, 0.6) is 0 Å². The molecule has 2 bridgehead atoms. The molecule has 0 aromatic heterocycles. The van der Waals surface area contributed by atoms with Crippen molar-refractivity contribution < 1.29 is 14.4 Å². The zero-order valence-corrected chi connectivity index (χ0v) is 9.59. The second-order valence-corrected chi connectivity index (χ2v) is 5.27. The van der Waals surface area contributed by atoms with E-state index in [1.165, 1.54) is 6.42 Å². The fraction of sp³-hybridized carbons (Fsp3) is 0.615. The molecule has 4 heteroatoms. The third-order valence-electron chi connectivity index (χ3n) is 4.30. The molecule has 3 atom stereocenters. The largest absolute Gasteiger partial charge is 0.449 e. The third-order valence-corrected chi connectivity index (χ3v) is 4.30. The molecule has 4 rings (SSSR count). The number of ether oxygens (including phenoxy) is 1. The van der Waals surface area contributed by atoms with Crippen molar-refractivity contribution in [3.05, 3.63) is 23.8 Å². The number of fused-ring (bicyclic) bond motifs is 2. The number of piperidine rings is 1. The van der Waals surface area contributed by atoms with Crippen molar-refractivity contribution in [2.45, 2.75) is 43.4 Å². The Hall–Kier alpha value is -1.13. The van der Waals surface area contributed by atoms with Crippen molar-refractivity contribution >= 4 is 5.97 Å². The number of hydrogen-bond acceptors (Lipinski definition) is 4. The van der Waals surface area contributed by atoms with Crippen molar-refractivity contribution in [2.75, 3.05) is 6.54 Å². The minimum Gasteiger partial charge on any atom is -0.449 e. The van der Waals surface area contributed by atoms with Gasteiger partial charge in [0.2, 0.25) is 0 Å². The van der Waals surface area contributed by atoms with Gasteiger partial charge in [-0.2, -0.15) is 5.06 Å². The molecule has 3 aliphatic heterocycles. The van der Waals surface area contributed by atoms with Gasteiger partial charge < -0.3 is 4.74 Å². The SMILES string of the molecule is O=C1C=C2C=C[C@H]3C[C@]2(O1)[C@H]1CCCCN1O3. The minimum atomic E-state index is -0.421. The first-order valence-electron chi connectivity index (χ1n) is 6.35. The molecule has 4 nitrogen and oxygen atoms in total. The zero-order valence-electron chi connectivity index (χ0n) is 9.59. The molecule has 0 saturated carbocycles. The molecule has 0 unspecified atom stereocenters. The van der Waals surface area contributed by atoms with Gasteiger partial charge in [-0.3, -0.25) is 4.84 Å². The van der Waals surface area contributed by atoms with E-state index in [0.29, 0.717) is 0 Å². The van der Waals surface area contributed by atoms with Gasteiger partial charge in [0.1, 0.15) is 6.10 Å². The van der Waals surface area contributed by atoms with Crippen LogP contribution in [0.3, 0.4) is 0 Å². The van der Waals surface area contributed by atoms with E-state index in [2.05, 4.69) is 0 Å². The van der Waals surface area contributed by atoms with Crippen LogP contribution < -0.4 is 0 Å². The Morgan fingerprint density at radius 1 is 1.41 bits per heavy atom. The fourth-order valence-electron chi connectivity index (χ4n) is 3.58. The monoisotopic (exact) mass is 233 g/mol. The average molecular weight is 233 g/mol. The van der Waals surface area contributed by atoms with Crippen LogP contribution in [0.1, 0.15) is 25.7 Å². The molecule has 0 radical (unpaired) electrons. The lowest BCUT2D eigenvalue weighted by Crippen LogP contribution is -2.63. The van der Waals surface area contributed by atoms with E-state index < -0.39 is 5.60 Å². The van der Waals surface area contributed by atoms with Gasteiger partial charge >= 0.3 is 5.97 Å². The van der Waals surface area contributed by atoms with E-state index in [9.17, 15) is 4.79 Å². The van der Waals surface area contributed by atoms with E-state index in [0.717, 1.165) is 31.4 Å². The van der Waals surface area contributed by atoms with Gasteiger partial charge in [0.05, 0.1) is 6.04 Å². The Morgan fingerprint density at radius 2 is 2.35 bits per heavy atom. The summed E-state index contributed by atoms with van der Waals surface area (Å²) in [6.07, 6.45) is 9.93. The van der Waals surface area contributed by atoms with E-state index in [-0.39, 0.29) is 18.1 Å². The van der Waals surface area contributed by atoms with Crippen molar-refractivity contribution in [3.8, 4) is 0 Å². The Kier molecular flexibility index (Phi) is 1.86. The van der Waals surface area contributed by atoms with Crippen molar-refractivity contribution in [2.24, 2.45) is 0 Å². The van der Waals surface area contributed by atoms with E-state index >= 15 is 0 Å². The molecule has 3 heterocycles. The smallest absolute Gasteiger partial charge is 0.332 e. The second kappa shape index (κ2) is 3.21. The van der Waals surface area contributed by atoms with Crippen LogP contribution >= 0.6 is 0 Å². The third kappa shape index (κ3) is 1.22. The number of hydrogen-bond donors (Lipinski definition) is 0. The van der Waals surface area contributed by atoms with Crippen molar-refractivity contribution in [3.63, 3.8) is 0 Å². The van der Waals surface area contributed by atoms with Gasteiger partial charge in [-0.05, 0) is 12.8 Å². The summed E-state index contributed by atoms with van der Waals surface area (Å²) >= 11 is 0. The molecule has 0 N–H and O–H groups in total. The lowest BCUT2D eigenvalue weighted by atomic mass is 9.74. The van der Waals surface area contributed by atoms with Gasteiger partial charge in [0.15, 0.2) is 5.60 Å². The van der Waals surface area contributed by atoms with E-state index in [1.807, 2.05) is 17.2 Å². The molecule has 0 aromatic carbocycles. The normalized spacial score (nSPS) is 43.8. The number of esters is 1. The van der Waals surface area contributed by atoms with Gasteiger partial charge in [0, 0.05) is 24.6 Å². The molecule has 1 aliphatic carbocycles. The van der Waals surface area contributed by atoms with Crippen LogP contribution in [0, 0.1) is 0 Å². The quantitative estimate of drug-likeness (QED) is 0.592. The Balaban J connectivity index is 1.81. The highest BCUT2D eigenvalue weighted by Gasteiger charge is 2.57. The summed E-state index contributed by atoms with van der Waals surface area (Å²) < 4.78 is 5.69. The first-order valence-corrected chi connectivity index (χ1v) is 6.35. The molecule has 1 spiro atoms. The highest BCUT2D eigenvalue weighted by Crippen LogP contribution is 2.48. The summed E-state index contributed by atoms with van der Waals surface area (Å²) in [5.41, 5.74) is 0.619. The lowest BCUT2D eigenvalue weighted by Gasteiger charge is -2.52. The number of hydroxylamine groups is 2. The van der Waals surface area contributed by atoms with Gasteiger partial charge in [-0.15, -0.1) is 0 Å². The highest BCUT2D eigenvalue weighted by atomic mass is 16.7. The zero-order chi connectivity index (χ0) is 11.5. The summed E-state index contributed by atoms with van der Waals surface area (Å²) in [7, 11) is 0. The van der Waals surface area contributed by atoms with Crippen molar-refractivity contribution in [1.82, 2.24) is 5.06 Å². The van der Waals surface area contributed by atoms with E-state index in [4.69, 9.17) is 9.57 Å². The Labute approximate surface area is 99.8 Å². The molecule has 2 saturated heterocycles. The first kappa shape index (κ1) is 9.85. The first-order chi connectivity index (χ1) is 8.28. The summed E-state index contributed by atoms with van der Waals surface area (Å²) in [6, 6.07) is 0.204. The minimum absolute atomic E-state index is 0.0624. The molecule has 0 aromatic rings. The number of rotatable bonds is 0. The summed E-state index contributed by atoms with van der Waals surface area (Å²) in [5, 5.41) is 2.05. The predicted molar refractivity (Wildman–Crippen MR) is 59.9 cm³/mol. The van der Waals surface area contributed by atoms with Gasteiger partial charge in [-0.25, -0.2) is 4.79 Å². The molecular weight excluding hydrogens is 218 g/mol. The average Bonchev–Trinajstić information content (AvgIpc) is 2.65. The molecule has 4 aliphatic rings. The standard InChI is InChI=1S/C13H15NO3/c15-12-7-9-4-5-10-8-13(9,16-12)11-3-1-2-6-14(11)17-10/h4-5,7,10-11H,1-3,6,8H2/t10-,11+,13+/m0/s1. The van der Waals surface area contributed by atoms with Crippen LogP contribution in [-0.2, 0) is 14.4 Å². The second-order valence-electron chi connectivity index (χ2n) is 5.27. The van der Waals surface area contributed by atoms with Crippen LogP contribution in [0.4, 0.5) is 0 Å². The number of nitrogens with zero attached hydrogens (tertiary/aromatic N) is 1. The molecule has 2 fully saturated rings. The molecule has 0 amide bonds. The molecule has 90 valence electrons. The summed E-state index contributed by atoms with van der Waals surface area (Å²) in [6.45, 7) is 0.946. The van der Waals surface area contributed by atoms with Crippen LogP contribution in [0.2, 0.25) is 0 Å². The lowest BCUT2D eigenvalue weighted by molar-refractivity contribution is -0.291. The van der Waals surface area contributed by atoms with E-state index in [1.54, 1.807) is 6.08 Å². The van der Waals surface area contributed by atoms with Crippen LogP contribution in [-0.4, -0.2) is 35.3 Å². The maximum Gasteiger partial charge on any atom is 0.332 e. The van der Waals surface area contributed by atoms with Crippen LogP contribution in [0.25, 0.3) is 0 Å². The number of carbonyl (C=O) groups is 1. The highest BCUT2D eigenvalue weighted by molar-refractivity contribution is 5.88. The Bertz CT molecular complexity index is 442.